The Bertz CT molecular complexity index is 1450. The molecular formula is C30H35Cl2N7O2. The number of nitrogens with one attached hydrogen (secondary N) is 3. The minimum atomic E-state index is -0.150. The van der Waals surface area contributed by atoms with Crippen LogP contribution in [0.3, 0.4) is 0 Å². The van der Waals surface area contributed by atoms with E-state index in [0.29, 0.717) is 34.8 Å². The van der Waals surface area contributed by atoms with Crippen LogP contribution in [0.15, 0.2) is 54.7 Å². The first kappa shape index (κ1) is 29.1. The highest BCUT2D eigenvalue weighted by Crippen LogP contribution is 2.32. The second-order valence-electron chi connectivity index (χ2n) is 10.6. The van der Waals surface area contributed by atoms with Gasteiger partial charge >= 0.3 is 0 Å². The monoisotopic (exact) mass is 595 g/mol. The van der Waals surface area contributed by atoms with E-state index in [1.54, 1.807) is 6.20 Å². The van der Waals surface area contributed by atoms with E-state index < -0.39 is 0 Å². The number of fused-ring (bicyclic) bond motifs is 1. The van der Waals surface area contributed by atoms with E-state index in [9.17, 15) is 4.79 Å². The van der Waals surface area contributed by atoms with Crippen LogP contribution in [0.25, 0.3) is 22.6 Å². The molecule has 0 radical (unpaired) electrons. The van der Waals surface area contributed by atoms with E-state index in [-0.39, 0.29) is 12.5 Å². The third kappa shape index (κ3) is 7.89. The Morgan fingerprint density at radius 2 is 1.83 bits per heavy atom. The summed E-state index contributed by atoms with van der Waals surface area (Å²) in [5, 5.41) is 7.82. The van der Waals surface area contributed by atoms with Crippen molar-refractivity contribution in [3.8, 4) is 17.1 Å². The van der Waals surface area contributed by atoms with Crippen molar-refractivity contribution in [3.05, 3.63) is 70.3 Å². The summed E-state index contributed by atoms with van der Waals surface area (Å²) in [4.78, 5) is 29.0. The molecule has 2 aromatic carbocycles. The fourth-order valence-corrected chi connectivity index (χ4v) is 5.15. The summed E-state index contributed by atoms with van der Waals surface area (Å²) in [7, 11) is 3.92. The van der Waals surface area contributed by atoms with Crippen molar-refractivity contribution in [2.75, 3.05) is 52.2 Å². The molecule has 4 aromatic rings. The van der Waals surface area contributed by atoms with E-state index in [4.69, 9.17) is 32.9 Å². The molecule has 1 amide bonds. The van der Waals surface area contributed by atoms with Gasteiger partial charge in [-0.3, -0.25) is 9.69 Å². The fourth-order valence-electron chi connectivity index (χ4n) is 4.83. The van der Waals surface area contributed by atoms with Crippen LogP contribution in [0.1, 0.15) is 18.4 Å². The van der Waals surface area contributed by atoms with Gasteiger partial charge in [0, 0.05) is 49.4 Å². The van der Waals surface area contributed by atoms with Crippen LogP contribution in [0.5, 0.6) is 5.75 Å². The largest absolute Gasteiger partial charge is 0.484 e. The number of aromatic amines is 1. The Balaban J connectivity index is 1.19. The number of amides is 1. The minimum absolute atomic E-state index is 0.0328. The van der Waals surface area contributed by atoms with Gasteiger partial charge in [0.05, 0.1) is 16.9 Å². The van der Waals surface area contributed by atoms with Crippen LogP contribution < -0.4 is 15.4 Å². The maximum Gasteiger partial charge on any atom is 0.257 e. The molecule has 1 aliphatic heterocycles. The van der Waals surface area contributed by atoms with Gasteiger partial charge in [-0.15, -0.1) is 0 Å². The van der Waals surface area contributed by atoms with Crippen molar-refractivity contribution in [3.63, 3.8) is 0 Å². The van der Waals surface area contributed by atoms with Crippen molar-refractivity contribution in [1.82, 2.24) is 30.1 Å². The summed E-state index contributed by atoms with van der Waals surface area (Å²) < 4.78 is 5.64. The summed E-state index contributed by atoms with van der Waals surface area (Å²) in [6, 6.07) is 15.8. The second kappa shape index (κ2) is 13.5. The average Bonchev–Trinajstić information content (AvgIpc) is 3.40. The highest BCUT2D eigenvalue weighted by molar-refractivity contribution is 6.34. The zero-order valence-corrected chi connectivity index (χ0v) is 24.8. The third-order valence-corrected chi connectivity index (χ3v) is 7.65. The number of hydrogen-bond donors (Lipinski definition) is 3. The molecule has 0 saturated carbocycles. The fraction of sp³-hybridized carbons (Fsp3) is 0.367. The van der Waals surface area contributed by atoms with Gasteiger partial charge in [0.2, 0.25) is 0 Å². The van der Waals surface area contributed by atoms with Gasteiger partial charge in [-0.05, 0) is 68.9 Å². The number of rotatable bonds is 11. The molecule has 0 bridgehead atoms. The van der Waals surface area contributed by atoms with Crippen molar-refractivity contribution >= 4 is 46.0 Å². The Labute approximate surface area is 250 Å². The predicted molar refractivity (Wildman–Crippen MR) is 165 cm³/mol. The van der Waals surface area contributed by atoms with Crippen molar-refractivity contribution in [2.24, 2.45) is 0 Å². The summed E-state index contributed by atoms with van der Waals surface area (Å²) in [5.74, 6) is 1.14. The number of pyridine rings is 1. The normalized spacial score (nSPS) is 14.5. The van der Waals surface area contributed by atoms with Gasteiger partial charge in [-0.2, -0.15) is 0 Å². The molecule has 11 heteroatoms. The zero-order valence-electron chi connectivity index (χ0n) is 23.3. The lowest BCUT2D eigenvalue weighted by Gasteiger charge is -2.33. The molecular weight excluding hydrogens is 561 g/mol. The number of benzene rings is 2. The highest BCUT2D eigenvalue weighted by atomic mass is 35.5. The number of piperidine rings is 1. The molecule has 0 atom stereocenters. The first-order valence-corrected chi connectivity index (χ1v) is 14.5. The van der Waals surface area contributed by atoms with Crippen LogP contribution in [0.4, 0.5) is 5.69 Å². The number of anilines is 1. The molecule has 1 fully saturated rings. The van der Waals surface area contributed by atoms with Crippen LogP contribution in [-0.2, 0) is 11.3 Å². The van der Waals surface area contributed by atoms with E-state index in [2.05, 4.69) is 37.6 Å². The number of aromatic nitrogens is 3. The van der Waals surface area contributed by atoms with Gasteiger partial charge in [0.15, 0.2) is 12.3 Å². The summed E-state index contributed by atoms with van der Waals surface area (Å²) in [6.45, 7) is 4.23. The number of carbonyl (C=O) groups excluding carboxylic acids is 1. The molecule has 2 aromatic heterocycles. The van der Waals surface area contributed by atoms with E-state index in [1.807, 2.05) is 55.4 Å². The Kier molecular flexibility index (Phi) is 9.61. The molecule has 0 aliphatic carbocycles. The molecule has 1 aliphatic rings. The van der Waals surface area contributed by atoms with Crippen LogP contribution in [0.2, 0.25) is 10.0 Å². The number of likely N-dealkylation sites (tertiary alicyclic amines) is 1. The zero-order chi connectivity index (χ0) is 28.8. The third-order valence-electron chi connectivity index (χ3n) is 7.11. The highest BCUT2D eigenvalue weighted by Gasteiger charge is 2.22. The van der Waals surface area contributed by atoms with Gasteiger partial charge < -0.3 is 25.3 Å². The number of ether oxygens (including phenoxy) is 1. The van der Waals surface area contributed by atoms with Gasteiger partial charge in [-0.1, -0.05) is 35.3 Å². The number of H-pyrrole nitrogens is 1. The average molecular weight is 597 g/mol. The van der Waals surface area contributed by atoms with E-state index in [0.717, 1.165) is 60.8 Å². The number of nitrogens with zero attached hydrogens (tertiary/aromatic N) is 4. The Morgan fingerprint density at radius 3 is 2.54 bits per heavy atom. The topological polar surface area (TPSA) is 98.4 Å². The van der Waals surface area contributed by atoms with E-state index >= 15 is 0 Å². The Morgan fingerprint density at radius 1 is 1.10 bits per heavy atom. The van der Waals surface area contributed by atoms with Crippen molar-refractivity contribution < 1.29 is 9.53 Å². The molecule has 5 rings (SSSR count). The number of likely N-dealkylation sites (N-methyl/N-ethyl adjacent to an activating group) is 1. The molecule has 1 saturated heterocycles. The maximum absolute atomic E-state index is 12.0. The summed E-state index contributed by atoms with van der Waals surface area (Å²) >= 11 is 12.6. The lowest BCUT2D eigenvalue weighted by atomic mass is 10.0. The van der Waals surface area contributed by atoms with E-state index in [1.165, 1.54) is 5.56 Å². The van der Waals surface area contributed by atoms with Crippen LogP contribution in [-0.4, -0.2) is 83.6 Å². The molecule has 41 heavy (non-hydrogen) atoms. The van der Waals surface area contributed by atoms with Crippen molar-refractivity contribution in [2.45, 2.75) is 25.4 Å². The van der Waals surface area contributed by atoms with Crippen LogP contribution in [0, 0.1) is 0 Å². The van der Waals surface area contributed by atoms with Crippen molar-refractivity contribution in [1.29, 1.82) is 0 Å². The van der Waals surface area contributed by atoms with Gasteiger partial charge in [0.1, 0.15) is 17.1 Å². The van der Waals surface area contributed by atoms with Gasteiger partial charge in [0.25, 0.3) is 5.91 Å². The first-order chi connectivity index (χ1) is 19.8. The number of hydrogen-bond acceptors (Lipinski definition) is 7. The number of imidazole rings is 1. The molecule has 0 spiro atoms. The lowest BCUT2D eigenvalue weighted by Crippen LogP contribution is -2.38. The smallest absolute Gasteiger partial charge is 0.257 e. The van der Waals surface area contributed by atoms with Gasteiger partial charge in [-0.25, -0.2) is 9.97 Å². The molecule has 0 unspecified atom stereocenters. The molecule has 3 heterocycles. The number of carbonyl (C=O) groups is 1. The minimum Gasteiger partial charge on any atom is -0.484 e. The second-order valence-corrected chi connectivity index (χ2v) is 11.4. The quantitative estimate of drug-likeness (QED) is 0.223. The number of halogens is 2. The SMILES string of the molecule is CN(C)CCNC(=O)COc1ccc(-c2nc3ncc(Cl)c(NC4CCN(Cc5ccc(Cl)cc5)CC4)c3[nH]2)cc1. The summed E-state index contributed by atoms with van der Waals surface area (Å²) in [6.07, 6.45) is 3.65. The Hall–Kier alpha value is -3.37. The summed E-state index contributed by atoms with van der Waals surface area (Å²) in [5.41, 5.74) is 4.35. The molecule has 9 nitrogen and oxygen atoms in total. The lowest BCUT2D eigenvalue weighted by molar-refractivity contribution is -0.123. The maximum atomic E-state index is 12.0. The predicted octanol–water partition coefficient (Wildman–Crippen LogP) is 5.06. The first-order valence-electron chi connectivity index (χ1n) is 13.8. The molecule has 216 valence electrons. The standard InChI is InChI=1S/C30H35Cl2N7O2/c1-38(2)16-13-33-26(40)19-41-24-9-5-21(6-10-24)29-36-28-27(25(32)17-34-30(28)37-29)35-23-11-14-39(15-12-23)18-20-3-7-22(31)8-4-20/h3-10,17,23H,11-16,18-19H2,1-2H3,(H,33,40)(H2,34,35,36,37). The molecule has 3 N–H and O–H groups in total. The van der Waals surface area contributed by atoms with Crippen LogP contribution >= 0.6 is 23.2 Å².